The number of carbonyl (C=O) groups is 1. The summed E-state index contributed by atoms with van der Waals surface area (Å²) in [5.74, 6) is 1.55. The van der Waals surface area contributed by atoms with Crippen LogP contribution in [-0.4, -0.2) is 40.3 Å². The van der Waals surface area contributed by atoms with E-state index >= 15 is 0 Å². The van der Waals surface area contributed by atoms with E-state index in [0.29, 0.717) is 34.8 Å². The van der Waals surface area contributed by atoms with E-state index in [2.05, 4.69) is 17.6 Å². The minimum absolute atomic E-state index is 0.0225. The number of fused-ring (bicyclic) bond motifs is 2. The molecule has 0 fully saturated rings. The lowest BCUT2D eigenvalue weighted by molar-refractivity contribution is 0.0941. The Labute approximate surface area is 191 Å². The third-order valence-electron chi connectivity index (χ3n) is 6.08. The van der Waals surface area contributed by atoms with Crippen LogP contribution in [0.3, 0.4) is 0 Å². The summed E-state index contributed by atoms with van der Waals surface area (Å²) in [4.78, 5) is 25.2. The molecular formula is C25H28N2O6. The van der Waals surface area contributed by atoms with Crippen LogP contribution < -0.4 is 30.5 Å². The van der Waals surface area contributed by atoms with Gasteiger partial charge < -0.3 is 29.3 Å². The minimum Gasteiger partial charge on any atom is -0.497 e. The van der Waals surface area contributed by atoms with Gasteiger partial charge in [0.25, 0.3) is 5.91 Å². The Balaban J connectivity index is 1.51. The smallest absolute Gasteiger partial charge is 0.349 e. The van der Waals surface area contributed by atoms with Gasteiger partial charge in [-0.05, 0) is 60.3 Å². The molecule has 0 saturated carbocycles. The summed E-state index contributed by atoms with van der Waals surface area (Å²) in [6.45, 7) is 3.26. The second-order valence-corrected chi connectivity index (χ2v) is 8.13. The Morgan fingerprint density at radius 2 is 1.88 bits per heavy atom. The molecule has 2 heterocycles. The number of hydrogen-bond donors (Lipinski definition) is 2. The first-order chi connectivity index (χ1) is 15.9. The number of nitrogens with one attached hydrogen (secondary N) is 2. The first-order valence-electron chi connectivity index (χ1n) is 10.8. The van der Waals surface area contributed by atoms with E-state index in [9.17, 15) is 9.59 Å². The molecule has 174 valence electrons. The number of hydrogen-bond acceptors (Lipinski definition) is 7. The zero-order valence-corrected chi connectivity index (χ0v) is 19.2. The lowest BCUT2D eigenvalue weighted by Gasteiger charge is -2.32. The summed E-state index contributed by atoms with van der Waals surface area (Å²) in [6, 6.07) is 10.7. The highest BCUT2D eigenvalue weighted by Gasteiger charge is 2.27. The fraction of sp³-hybridized carbons (Fsp3) is 0.360. The number of benzene rings is 2. The Morgan fingerprint density at radius 1 is 1.12 bits per heavy atom. The van der Waals surface area contributed by atoms with E-state index in [1.807, 2.05) is 12.1 Å². The van der Waals surface area contributed by atoms with Gasteiger partial charge in [-0.3, -0.25) is 4.79 Å². The number of ether oxygens (including phenoxy) is 3. The van der Waals surface area contributed by atoms with Crippen molar-refractivity contribution in [3.63, 3.8) is 0 Å². The van der Waals surface area contributed by atoms with Crippen molar-refractivity contribution < 1.29 is 23.4 Å². The number of methoxy groups -OCH3 is 3. The lowest BCUT2D eigenvalue weighted by Crippen LogP contribution is -2.40. The Morgan fingerprint density at radius 3 is 2.61 bits per heavy atom. The van der Waals surface area contributed by atoms with Crippen molar-refractivity contribution in [2.75, 3.05) is 34.4 Å². The molecule has 1 amide bonds. The second-order valence-electron chi connectivity index (χ2n) is 8.13. The van der Waals surface area contributed by atoms with E-state index in [1.54, 1.807) is 38.5 Å². The van der Waals surface area contributed by atoms with E-state index in [1.165, 1.54) is 12.7 Å². The van der Waals surface area contributed by atoms with Crippen LogP contribution in [0.2, 0.25) is 0 Å². The molecular weight excluding hydrogens is 424 g/mol. The molecule has 2 unspecified atom stereocenters. The third-order valence-corrected chi connectivity index (χ3v) is 6.08. The maximum absolute atomic E-state index is 12.8. The number of amides is 1. The highest BCUT2D eigenvalue weighted by molar-refractivity contribution is 5.96. The maximum Gasteiger partial charge on any atom is 0.349 e. The standard InChI is InChI=1S/C25H28N2O6/c1-14(23-18-12-22(32-4)21(31-3)10-15(18)7-8-26-23)13-27-24(28)19-9-16-5-6-17(30-2)11-20(16)33-25(19)29/h5-6,9-12,14,23,26H,7-8,13H2,1-4H3,(H,27,28). The highest BCUT2D eigenvalue weighted by atomic mass is 16.5. The molecule has 33 heavy (non-hydrogen) atoms. The summed E-state index contributed by atoms with van der Waals surface area (Å²) in [6.07, 6.45) is 0.883. The summed E-state index contributed by atoms with van der Waals surface area (Å²) in [5.41, 5.74) is 1.99. The van der Waals surface area contributed by atoms with Crippen LogP contribution in [0.4, 0.5) is 0 Å². The molecule has 1 aliphatic heterocycles. The first kappa shape index (κ1) is 22.7. The van der Waals surface area contributed by atoms with E-state index < -0.39 is 11.5 Å². The molecule has 2 N–H and O–H groups in total. The zero-order chi connectivity index (χ0) is 23.5. The van der Waals surface area contributed by atoms with Gasteiger partial charge in [-0.15, -0.1) is 0 Å². The predicted octanol–water partition coefficient (Wildman–Crippen LogP) is 3.07. The van der Waals surface area contributed by atoms with Gasteiger partial charge in [0.15, 0.2) is 11.5 Å². The van der Waals surface area contributed by atoms with Gasteiger partial charge >= 0.3 is 5.63 Å². The summed E-state index contributed by atoms with van der Waals surface area (Å²) >= 11 is 0. The normalized spacial score (nSPS) is 16.1. The maximum atomic E-state index is 12.8. The van der Waals surface area contributed by atoms with Gasteiger partial charge in [0.2, 0.25) is 0 Å². The molecule has 2 atom stereocenters. The van der Waals surface area contributed by atoms with Crippen molar-refractivity contribution in [2.24, 2.45) is 5.92 Å². The molecule has 0 bridgehead atoms. The molecule has 8 heteroatoms. The fourth-order valence-electron chi connectivity index (χ4n) is 4.27. The quantitative estimate of drug-likeness (QED) is 0.532. The number of carbonyl (C=O) groups excluding carboxylic acids is 1. The Kier molecular flexibility index (Phi) is 6.55. The van der Waals surface area contributed by atoms with Crippen LogP contribution in [0.25, 0.3) is 11.0 Å². The Hall–Kier alpha value is -3.52. The van der Waals surface area contributed by atoms with Gasteiger partial charge in [-0.1, -0.05) is 6.92 Å². The molecule has 3 aromatic rings. The molecule has 0 spiro atoms. The lowest BCUT2D eigenvalue weighted by atomic mass is 9.86. The van der Waals surface area contributed by atoms with Gasteiger partial charge in [0.1, 0.15) is 16.9 Å². The minimum atomic E-state index is -0.682. The van der Waals surface area contributed by atoms with E-state index in [4.69, 9.17) is 18.6 Å². The predicted molar refractivity (Wildman–Crippen MR) is 125 cm³/mol. The SMILES string of the molecule is COc1ccc2cc(C(=O)NCC(C)C3NCCc4cc(OC)c(OC)cc43)c(=O)oc2c1. The average Bonchev–Trinajstić information content (AvgIpc) is 2.84. The van der Waals surface area contributed by atoms with Crippen molar-refractivity contribution in [3.05, 3.63) is 63.5 Å². The highest BCUT2D eigenvalue weighted by Crippen LogP contribution is 2.37. The molecule has 0 radical (unpaired) electrons. The topological polar surface area (TPSA) is 99.0 Å². The molecule has 8 nitrogen and oxygen atoms in total. The largest absolute Gasteiger partial charge is 0.497 e. The zero-order valence-electron chi connectivity index (χ0n) is 19.2. The Bertz CT molecular complexity index is 1240. The van der Waals surface area contributed by atoms with Crippen LogP contribution in [0.1, 0.15) is 34.5 Å². The van der Waals surface area contributed by atoms with Crippen LogP contribution in [0.15, 0.2) is 45.6 Å². The average molecular weight is 453 g/mol. The van der Waals surface area contributed by atoms with Gasteiger partial charge in [0, 0.05) is 24.0 Å². The van der Waals surface area contributed by atoms with Crippen molar-refractivity contribution >= 4 is 16.9 Å². The summed E-state index contributed by atoms with van der Waals surface area (Å²) in [7, 11) is 4.78. The molecule has 0 saturated heterocycles. The van der Waals surface area contributed by atoms with Crippen LogP contribution in [0.5, 0.6) is 17.2 Å². The molecule has 1 aliphatic rings. The molecule has 2 aromatic carbocycles. The van der Waals surface area contributed by atoms with Crippen molar-refractivity contribution in [2.45, 2.75) is 19.4 Å². The van der Waals surface area contributed by atoms with E-state index in [0.717, 1.165) is 18.5 Å². The van der Waals surface area contributed by atoms with E-state index in [-0.39, 0.29) is 17.5 Å². The van der Waals surface area contributed by atoms with Crippen LogP contribution in [-0.2, 0) is 6.42 Å². The fourth-order valence-corrected chi connectivity index (χ4v) is 4.27. The molecule has 0 aliphatic carbocycles. The van der Waals surface area contributed by atoms with Crippen molar-refractivity contribution in [1.82, 2.24) is 10.6 Å². The summed E-state index contributed by atoms with van der Waals surface area (Å²) in [5, 5.41) is 7.07. The molecule has 4 rings (SSSR count). The monoisotopic (exact) mass is 452 g/mol. The first-order valence-corrected chi connectivity index (χ1v) is 10.8. The van der Waals surface area contributed by atoms with Crippen LogP contribution >= 0.6 is 0 Å². The second kappa shape index (κ2) is 9.54. The third kappa shape index (κ3) is 4.52. The van der Waals surface area contributed by atoms with Gasteiger partial charge in [-0.2, -0.15) is 0 Å². The summed E-state index contributed by atoms with van der Waals surface area (Å²) < 4.78 is 21.4. The number of rotatable bonds is 7. The van der Waals surface area contributed by atoms with Crippen molar-refractivity contribution in [3.8, 4) is 17.2 Å². The van der Waals surface area contributed by atoms with Crippen LogP contribution in [0, 0.1) is 5.92 Å². The van der Waals surface area contributed by atoms with Gasteiger partial charge in [0.05, 0.1) is 21.3 Å². The van der Waals surface area contributed by atoms with Crippen molar-refractivity contribution in [1.29, 1.82) is 0 Å². The van der Waals surface area contributed by atoms with Gasteiger partial charge in [-0.25, -0.2) is 4.79 Å². The molecule has 1 aromatic heterocycles.